The minimum absolute atomic E-state index is 0.269. The molecule has 0 aliphatic carbocycles. The maximum Gasteiger partial charge on any atom is 0.301 e. The molecule has 0 fully saturated rings. The maximum atomic E-state index is 12.3. The molecule has 0 radical (unpaired) electrons. The lowest BCUT2D eigenvalue weighted by molar-refractivity contribution is 0.347. The first-order valence-corrected chi connectivity index (χ1v) is 3.73. The van der Waals surface area contributed by atoms with Crippen LogP contribution in [0.25, 0.3) is 0 Å². The molecule has 0 saturated carbocycles. The largest absolute Gasteiger partial charge is 0.301 e. The van der Waals surface area contributed by atoms with Crippen molar-refractivity contribution in [2.24, 2.45) is 5.92 Å². The summed E-state index contributed by atoms with van der Waals surface area (Å²) in [7, 11) is 0. The molecule has 0 N–H and O–H groups in total. The fourth-order valence-electron chi connectivity index (χ4n) is 0.374. The van der Waals surface area contributed by atoms with Gasteiger partial charge in [0.15, 0.2) is 5.83 Å². The lowest BCUT2D eigenvalue weighted by Gasteiger charge is -2.09. The van der Waals surface area contributed by atoms with Crippen molar-refractivity contribution in [1.82, 2.24) is 0 Å². The molecule has 0 amide bonds. The Morgan fingerprint density at radius 2 is 1.60 bits per heavy atom. The summed E-state index contributed by atoms with van der Waals surface area (Å²) in [6.07, 6.45) is -2.22. The van der Waals surface area contributed by atoms with E-state index >= 15 is 0 Å². The molecule has 0 aliphatic heterocycles. The predicted octanol–water partition coefficient (Wildman–Crippen LogP) is 3.48. The van der Waals surface area contributed by atoms with Crippen LogP contribution in [0, 0.1) is 5.92 Å². The number of allylic oxidation sites excluding steroid dienone is 1. The van der Waals surface area contributed by atoms with Crippen LogP contribution in [0.4, 0.5) is 13.2 Å². The molecule has 0 aromatic heterocycles. The summed E-state index contributed by atoms with van der Waals surface area (Å²) in [6, 6.07) is 0. The summed E-state index contributed by atoms with van der Waals surface area (Å²) in [5.41, 5.74) is 0. The molecule has 0 aliphatic rings. The molecule has 2 unspecified atom stereocenters. The van der Waals surface area contributed by atoms with Crippen LogP contribution in [-0.2, 0) is 0 Å². The molecular formula is C6H8BrF3. The highest BCUT2D eigenvalue weighted by Gasteiger charge is 2.18. The van der Waals surface area contributed by atoms with Gasteiger partial charge in [-0.05, 0) is 0 Å². The second-order valence-electron chi connectivity index (χ2n) is 2.07. The van der Waals surface area contributed by atoms with E-state index in [1.807, 2.05) is 0 Å². The van der Waals surface area contributed by atoms with Crippen LogP contribution in [0.3, 0.4) is 0 Å². The molecule has 0 rings (SSSR count). The van der Waals surface area contributed by atoms with Gasteiger partial charge in [0.2, 0.25) is 0 Å². The topological polar surface area (TPSA) is 0 Å². The number of hydrogen-bond acceptors (Lipinski definition) is 0. The summed E-state index contributed by atoms with van der Waals surface area (Å²) in [6.45, 7) is 3.01. The van der Waals surface area contributed by atoms with Crippen molar-refractivity contribution in [3.05, 3.63) is 11.9 Å². The Morgan fingerprint density at radius 3 is 1.70 bits per heavy atom. The molecule has 60 valence electrons. The average Bonchev–Trinajstić information content (AvgIpc) is 1.84. The molecule has 0 aromatic rings. The summed E-state index contributed by atoms with van der Waals surface area (Å²) >= 11 is 3.00. The molecule has 0 heterocycles. The van der Waals surface area contributed by atoms with Gasteiger partial charge in [0.1, 0.15) is 0 Å². The Labute approximate surface area is 66.2 Å². The Kier molecular flexibility index (Phi) is 4.01. The molecule has 0 aromatic carbocycles. The van der Waals surface area contributed by atoms with Crippen molar-refractivity contribution >= 4 is 15.9 Å². The molecular weight excluding hydrogens is 209 g/mol. The Balaban J connectivity index is 4.22. The van der Waals surface area contributed by atoms with Gasteiger partial charge in [-0.15, -0.1) is 0 Å². The van der Waals surface area contributed by atoms with Gasteiger partial charge in [-0.25, -0.2) is 4.39 Å². The van der Waals surface area contributed by atoms with E-state index in [1.165, 1.54) is 6.92 Å². The first kappa shape index (κ1) is 10.0. The Hall–Kier alpha value is 0.01000. The second-order valence-corrected chi connectivity index (χ2v) is 3.52. The van der Waals surface area contributed by atoms with Gasteiger partial charge in [-0.2, -0.15) is 8.78 Å². The lowest BCUT2D eigenvalue weighted by atomic mass is 10.1. The van der Waals surface area contributed by atoms with Crippen LogP contribution >= 0.6 is 15.9 Å². The lowest BCUT2D eigenvalue weighted by Crippen LogP contribution is -2.07. The molecule has 2 atom stereocenters. The first-order valence-electron chi connectivity index (χ1n) is 2.81. The minimum atomic E-state index is -2.22. The highest BCUT2D eigenvalue weighted by molar-refractivity contribution is 9.09. The van der Waals surface area contributed by atoms with Gasteiger partial charge < -0.3 is 0 Å². The standard InChI is InChI=1S/C6H8BrF3/c1-3(4(2)7)5(8)6(9)10/h3-4H,1-2H3. The van der Waals surface area contributed by atoms with Crippen molar-refractivity contribution in [3.8, 4) is 0 Å². The van der Waals surface area contributed by atoms with Gasteiger partial charge in [0, 0.05) is 10.7 Å². The molecule has 4 heteroatoms. The average molecular weight is 217 g/mol. The minimum Gasteiger partial charge on any atom is -0.206 e. The summed E-state index contributed by atoms with van der Waals surface area (Å²) < 4.78 is 35.3. The van der Waals surface area contributed by atoms with E-state index in [-0.39, 0.29) is 4.83 Å². The predicted molar refractivity (Wildman–Crippen MR) is 37.9 cm³/mol. The number of rotatable bonds is 2. The monoisotopic (exact) mass is 216 g/mol. The summed E-state index contributed by atoms with van der Waals surface area (Å²) in [5, 5.41) is 0. The van der Waals surface area contributed by atoms with Gasteiger partial charge in [0.25, 0.3) is 0 Å². The van der Waals surface area contributed by atoms with Crippen LogP contribution in [0.15, 0.2) is 11.9 Å². The normalized spacial score (nSPS) is 16.2. The van der Waals surface area contributed by atoms with E-state index < -0.39 is 17.8 Å². The van der Waals surface area contributed by atoms with E-state index in [1.54, 1.807) is 6.92 Å². The van der Waals surface area contributed by atoms with Crippen molar-refractivity contribution < 1.29 is 13.2 Å². The molecule has 0 bridgehead atoms. The van der Waals surface area contributed by atoms with Crippen LogP contribution in [0.5, 0.6) is 0 Å². The van der Waals surface area contributed by atoms with Gasteiger partial charge in [0.05, 0.1) is 0 Å². The maximum absolute atomic E-state index is 12.3. The summed E-state index contributed by atoms with van der Waals surface area (Å²) in [4.78, 5) is -0.269. The molecule has 0 nitrogen and oxygen atoms in total. The number of hydrogen-bond donors (Lipinski definition) is 0. The Morgan fingerprint density at radius 1 is 1.20 bits per heavy atom. The first-order chi connectivity index (χ1) is 4.46. The fraction of sp³-hybridized carbons (Fsp3) is 0.667. The van der Waals surface area contributed by atoms with Crippen LogP contribution < -0.4 is 0 Å². The van der Waals surface area contributed by atoms with E-state index in [9.17, 15) is 13.2 Å². The van der Waals surface area contributed by atoms with E-state index in [0.717, 1.165) is 0 Å². The molecule has 10 heavy (non-hydrogen) atoms. The van der Waals surface area contributed by atoms with Gasteiger partial charge in [-0.1, -0.05) is 29.8 Å². The number of alkyl halides is 1. The van der Waals surface area contributed by atoms with Gasteiger partial charge >= 0.3 is 6.08 Å². The van der Waals surface area contributed by atoms with E-state index in [2.05, 4.69) is 15.9 Å². The zero-order chi connectivity index (χ0) is 8.31. The third kappa shape index (κ3) is 2.73. The molecule has 0 spiro atoms. The molecule has 0 saturated heterocycles. The smallest absolute Gasteiger partial charge is 0.206 e. The highest BCUT2D eigenvalue weighted by Crippen LogP contribution is 2.25. The van der Waals surface area contributed by atoms with Crippen molar-refractivity contribution in [2.45, 2.75) is 18.7 Å². The van der Waals surface area contributed by atoms with Gasteiger partial charge in [-0.3, -0.25) is 0 Å². The van der Waals surface area contributed by atoms with Crippen molar-refractivity contribution in [2.75, 3.05) is 0 Å². The van der Waals surface area contributed by atoms with Crippen molar-refractivity contribution in [1.29, 1.82) is 0 Å². The third-order valence-corrected chi connectivity index (χ3v) is 2.06. The zero-order valence-corrected chi connectivity index (χ0v) is 7.25. The van der Waals surface area contributed by atoms with Crippen LogP contribution in [0.1, 0.15) is 13.8 Å². The Bertz CT molecular complexity index is 138. The third-order valence-electron chi connectivity index (χ3n) is 1.27. The highest BCUT2D eigenvalue weighted by atomic mass is 79.9. The quantitative estimate of drug-likeness (QED) is 0.621. The SMILES string of the molecule is CC(Br)C(C)C(F)=C(F)F. The zero-order valence-electron chi connectivity index (χ0n) is 5.67. The van der Waals surface area contributed by atoms with E-state index in [4.69, 9.17) is 0 Å². The van der Waals surface area contributed by atoms with Crippen LogP contribution in [-0.4, -0.2) is 4.83 Å². The van der Waals surface area contributed by atoms with E-state index in [0.29, 0.717) is 0 Å². The fourth-order valence-corrected chi connectivity index (χ4v) is 0.606. The van der Waals surface area contributed by atoms with Crippen LogP contribution in [0.2, 0.25) is 0 Å². The number of halogens is 4. The summed E-state index contributed by atoms with van der Waals surface area (Å²) in [5.74, 6) is -2.09. The second kappa shape index (κ2) is 4.01. The van der Waals surface area contributed by atoms with Crippen molar-refractivity contribution in [3.63, 3.8) is 0 Å².